The number of hydrogen-bond acceptors (Lipinski definition) is 3. The Morgan fingerprint density at radius 3 is 2.61 bits per heavy atom. The quantitative estimate of drug-likeness (QED) is 0.720. The lowest BCUT2D eigenvalue weighted by atomic mass is 10.1. The molecule has 1 aromatic rings. The van der Waals surface area contributed by atoms with E-state index in [1.165, 1.54) is 0 Å². The maximum atomic E-state index is 10.7. The number of nitrogens with two attached hydrogens (primary N) is 1. The Hall–Kier alpha value is -1.81. The van der Waals surface area contributed by atoms with Gasteiger partial charge in [0.25, 0.3) is 0 Å². The van der Waals surface area contributed by atoms with Gasteiger partial charge in [-0.05, 0) is 23.8 Å². The Kier molecular flexibility index (Phi) is 5.94. The molecule has 0 bridgehead atoms. The van der Waals surface area contributed by atoms with Crippen molar-refractivity contribution < 1.29 is 9.53 Å². The van der Waals surface area contributed by atoms with Crippen LogP contribution in [0.15, 0.2) is 36.6 Å². The molecule has 0 saturated heterocycles. The average molecular weight is 248 g/mol. The molecule has 0 aromatic heterocycles. The normalized spacial score (nSPS) is 11.1. The summed E-state index contributed by atoms with van der Waals surface area (Å²) in [6.07, 6.45) is 3.82. The second kappa shape index (κ2) is 7.50. The van der Waals surface area contributed by atoms with Crippen molar-refractivity contribution in [1.29, 1.82) is 0 Å². The Balaban J connectivity index is 2.37. The van der Waals surface area contributed by atoms with E-state index < -0.39 is 0 Å². The van der Waals surface area contributed by atoms with Gasteiger partial charge in [-0.15, -0.1) is 0 Å². The molecule has 4 heteroatoms. The number of carbonyl (C=O) groups is 1. The monoisotopic (exact) mass is 248 g/mol. The summed E-state index contributed by atoms with van der Waals surface area (Å²) in [5.74, 6) is 0.410. The van der Waals surface area contributed by atoms with Crippen molar-refractivity contribution in [3.05, 3.63) is 42.2 Å². The van der Waals surface area contributed by atoms with E-state index >= 15 is 0 Å². The molecule has 3 N–H and O–H groups in total. The van der Waals surface area contributed by atoms with Crippen LogP contribution in [0.1, 0.15) is 19.4 Å². The van der Waals surface area contributed by atoms with Gasteiger partial charge in [0, 0.05) is 12.6 Å². The summed E-state index contributed by atoms with van der Waals surface area (Å²) in [6, 6.07) is 7.76. The van der Waals surface area contributed by atoms with E-state index in [1.54, 1.807) is 6.26 Å². The zero-order chi connectivity index (χ0) is 13.4. The third kappa shape index (κ3) is 6.06. The summed E-state index contributed by atoms with van der Waals surface area (Å²) < 4.78 is 5.41. The molecular formula is C14H20N2O2. The van der Waals surface area contributed by atoms with Crippen LogP contribution in [-0.4, -0.2) is 18.5 Å². The summed E-state index contributed by atoms with van der Waals surface area (Å²) in [5, 5.41) is 3.24. The molecule has 0 saturated carbocycles. The topological polar surface area (TPSA) is 64.3 Å². The Bertz CT molecular complexity index is 397. The van der Waals surface area contributed by atoms with Crippen molar-refractivity contribution in [3.8, 4) is 5.75 Å². The molecule has 0 radical (unpaired) electrons. The van der Waals surface area contributed by atoms with Gasteiger partial charge in [0.2, 0.25) is 5.91 Å². The molecule has 98 valence electrons. The molecule has 0 aliphatic carbocycles. The van der Waals surface area contributed by atoms with Gasteiger partial charge >= 0.3 is 0 Å². The van der Waals surface area contributed by atoms with Crippen LogP contribution in [0.25, 0.3) is 0 Å². The molecule has 0 aliphatic heterocycles. The molecular weight excluding hydrogens is 228 g/mol. The minimum Gasteiger partial charge on any atom is -0.465 e. The fourth-order valence-electron chi connectivity index (χ4n) is 1.37. The van der Waals surface area contributed by atoms with Crippen molar-refractivity contribution in [2.24, 2.45) is 5.73 Å². The van der Waals surface area contributed by atoms with Gasteiger partial charge in [-0.25, -0.2) is 0 Å². The number of benzene rings is 1. The summed E-state index contributed by atoms with van der Waals surface area (Å²) in [4.78, 5) is 10.7. The zero-order valence-electron chi connectivity index (χ0n) is 10.8. The third-order valence-electron chi connectivity index (χ3n) is 2.25. The molecule has 18 heavy (non-hydrogen) atoms. The number of rotatable bonds is 7. The minimum atomic E-state index is -0.330. The minimum absolute atomic E-state index is 0.258. The van der Waals surface area contributed by atoms with E-state index in [9.17, 15) is 4.79 Å². The largest absolute Gasteiger partial charge is 0.465 e. The molecule has 0 aliphatic rings. The molecule has 0 heterocycles. The first-order chi connectivity index (χ1) is 8.58. The first-order valence-corrected chi connectivity index (χ1v) is 6.00. The Labute approximate surface area is 108 Å². The van der Waals surface area contributed by atoms with Crippen LogP contribution in [0.5, 0.6) is 5.75 Å². The molecule has 4 nitrogen and oxygen atoms in total. The molecule has 0 atom stereocenters. The Morgan fingerprint density at radius 2 is 2.06 bits per heavy atom. The summed E-state index contributed by atoms with van der Waals surface area (Å²) in [5.41, 5.74) is 6.00. The summed E-state index contributed by atoms with van der Waals surface area (Å²) in [7, 11) is 0. The van der Waals surface area contributed by atoms with E-state index in [2.05, 4.69) is 19.2 Å². The number of hydrogen-bond donors (Lipinski definition) is 2. The number of primary amides is 1. The van der Waals surface area contributed by atoms with Crippen LogP contribution in [0.2, 0.25) is 0 Å². The molecule has 0 unspecified atom stereocenters. The van der Waals surface area contributed by atoms with Gasteiger partial charge in [-0.3, -0.25) is 4.79 Å². The smallest absolute Gasteiger partial charge is 0.221 e. The summed E-state index contributed by atoms with van der Waals surface area (Å²) >= 11 is 0. The second-order valence-corrected chi connectivity index (χ2v) is 4.34. The highest BCUT2D eigenvalue weighted by Crippen LogP contribution is 2.12. The van der Waals surface area contributed by atoms with E-state index in [4.69, 9.17) is 10.5 Å². The highest BCUT2D eigenvalue weighted by atomic mass is 16.5. The lowest BCUT2D eigenvalue weighted by molar-refractivity contribution is -0.117. The lowest BCUT2D eigenvalue weighted by Crippen LogP contribution is -2.22. The lowest BCUT2D eigenvalue weighted by Gasteiger charge is -2.04. The standard InChI is InChI=1S/C14H20N2O2/c1-11(2)16-8-3-9-18-13-6-4-12(5-7-13)10-14(15)17/h3-7,9,11,16H,8,10H2,1-2H3,(H2,15,17)/b9-3+. The highest BCUT2D eigenvalue weighted by molar-refractivity contribution is 5.76. The van der Waals surface area contributed by atoms with Gasteiger partial charge in [-0.1, -0.05) is 26.0 Å². The Morgan fingerprint density at radius 1 is 1.39 bits per heavy atom. The van der Waals surface area contributed by atoms with E-state index in [0.29, 0.717) is 6.04 Å². The van der Waals surface area contributed by atoms with Gasteiger partial charge < -0.3 is 15.8 Å². The summed E-state index contributed by atoms with van der Waals surface area (Å²) in [6.45, 7) is 4.95. The van der Waals surface area contributed by atoms with Crippen LogP contribution in [0, 0.1) is 0 Å². The number of nitrogens with one attached hydrogen (secondary N) is 1. The zero-order valence-corrected chi connectivity index (χ0v) is 10.8. The average Bonchev–Trinajstić information content (AvgIpc) is 2.30. The van der Waals surface area contributed by atoms with Crippen molar-refractivity contribution in [2.75, 3.05) is 6.54 Å². The van der Waals surface area contributed by atoms with Crippen LogP contribution in [-0.2, 0) is 11.2 Å². The second-order valence-electron chi connectivity index (χ2n) is 4.34. The molecule has 1 rings (SSSR count). The molecule has 1 aromatic carbocycles. The highest BCUT2D eigenvalue weighted by Gasteiger charge is 1.98. The molecule has 1 amide bonds. The number of amides is 1. The van der Waals surface area contributed by atoms with E-state index in [1.807, 2.05) is 30.3 Å². The van der Waals surface area contributed by atoms with Gasteiger partial charge in [-0.2, -0.15) is 0 Å². The first-order valence-electron chi connectivity index (χ1n) is 6.00. The van der Waals surface area contributed by atoms with E-state index in [0.717, 1.165) is 17.9 Å². The number of ether oxygens (including phenoxy) is 1. The van der Waals surface area contributed by atoms with Crippen molar-refractivity contribution in [2.45, 2.75) is 26.3 Å². The fourth-order valence-corrected chi connectivity index (χ4v) is 1.37. The molecule has 0 spiro atoms. The SMILES string of the molecule is CC(C)NC/C=C/Oc1ccc(CC(N)=O)cc1. The predicted octanol–water partition coefficient (Wildman–Crippen LogP) is 1.60. The van der Waals surface area contributed by atoms with Gasteiger partial charge in [0.05, 0.1) is 12.7 Å². The van der Waals surface area contributed by atoms with Gasteiger partial charge in [0.15, 0.2) is 0 Å². The molecule has 0 fully saturated rings. The van der Waals surface area contributed by atoms with Crippen LogP contribution in [0.4, 0.5) is 0 Å². The van der Waals surface area contributed by atoms with Crippen molar-refractivity contribution in [1.82, 2.24) is 5.32 Å². The van der Waals surface area contributed by atoms with Gasteiger partial charge in [0.1, 0.15) is 5.75 Å². The maximum Gasteiger partial charge on any atom is 0.221 e. The predicted molar refractivity (Wildman–Crippen MR) is 72.2 cm³/mol. The van der Waals surface area contributed by atoms with Crippen LogP contribution >= 0.6 is 0 Å². The third-order valence-corrected chi connectivity index (χ3v) is 2.25. The van der Waals surface area contributed by atoms with Crippen molar-refractivity contribution in [3.63, 3.8) is 0 Å². The van der Waals surface area contributed by atoms with Crippen molar-refractivity contribution >= 4 is 5.91 Å². The van der Waals surface area contributed by atoms with Crippen LogP contribution in [0.3, 0.4) is 0 Å². The fraction of sp³-hybridized carbons (Fsp3) is 0.357. The maximum absolute atomic E-state index is 10.7. The van der Waals surface area contributed by atoms with E-state index in [-0.39, 0.29) is 12.3 Å². The van der Waals surface area contributed by atoms with Crippen LogP contribution < -0.4 is 15.8 Å². The number of carbonyl (C=O) groups excluding carboxylic acids is 1. The first kappa shape index (κ1) is 14.3.